The van der Waals surface area contributed by atoms with Gasteiger partial charge in [-0.2, -0.15) is 4.31 Å². The highest BCUT2D eigenvalue weighted by atomic mass is 32.2. The van der Waals surface area contributed by atoms with E-state index in [0.717, 1.165) is 38.5 Å². The second kappa shape index (κ2) is 11.3. The van der Waals surface area contributed by atoms with E-state index >= 15 is 0 Å². The lowest BCUT2D eigenvalue weighted by Crippen LogP contribution is -2.40. The average Bonchev–Trinajstić information content (AvgIpc) is 3.54. The highest BCUT2D eigenvalue weighted by molar-refractivity contribution is 7.89. The molecule has 4 rings (SSSR count). The van der Waals surface area contributed by atoms with Gasteiger partial charge in [0.15, 0.2) is 0 Å². The maximum absolute atomic E-state index is 12.8. The van der Waals surface area contributed by atoms with Crippen LogP contribution in [-0.4, -0.2) is 72.5 Å². The molecule has 0 atom stereocenters. The molecule has 1 saturated heterocycles. The number of hydrogen-bond donors (Lipinski definition) is 2. The zero-order chi connectivity index (χ0) is 24.8. The van der Waals surface area contributed by atoms with Crippen LogP contribution in [0.5, 0.6) is 0 Å². The second-order valence-corrected chi connectivity index (χ2v) is 11.1. The molecule has 11 nitrogen and oxygen atoms in total. The van der Waals surface area contributed by atoms with E-state index in [4.69, 9.17) is 4.74 Å². The topological polar surface area (TPSA) is 136 Å². The highest BCUT2D eigenvalue weighted by Gasteiger charge is 2.28. The minimum atomic E-state index is -3.51. The fourth-order valence-electron chi connectivity index (χ4n) is 4.79. The van der Waals surface area contributed by atoms with Crippen molar-refractivity contribution in [2.75, 3.05) is 32.8 Å². The molecule has 0 spiro atoms. The van der Waals surface area contributed by atoms with Crippen LogP contribution in [0.1, 0.15) is 45.4 Å². The molecule has 1 saturated carbocycles. The average molecular weight is 507 g/mol. The van der Waals surface area contributed by atoms with Gasteiger partial charge in [0, 0.05) is 26.2 Å². The second-order valence-electron chi connectivity index (χ2n) is 9.18. The molecule has 1 aliphatic carbocycles. The van der Waals surface area contributed by atoms with Gasteiger partial charge in [-0.3, -0.25) is 4.79 Å². The van der Waals surface area contributed by atoms with Crippen molar-refractivity contribution in [1.82, 2.24) is 29.9 Å². The summed E-state index contributed by atoms with van der Waals surface area (Å²) in [6.45, 7) is 4.66. The minimum absolute atomic E-state index is 0.0195. The van der Waals surface area contributed by atoms with Gasteiger partial charge < -0.3 is 15.4 Å². The van der Waals surface area contributed by atoms with Gasteiger partial charge in [0.25, 0.3) is 0 Å². The largest absolute Gasteiger partial charge is 0.466 e. The molecule has 2 heterocycles. The lowest BCUT2D eigenvalue weighted by atomic mass is 9.82. The van der Waals surface area contributed by atoms with Crippen molar-refractivity contribution in [1.29, 1.82) is 0 Å². The first-order valence-corrected chi connectivity index (χ1v) is 13.8. The molecule has 2 fully saturated rings. The van der Waals surface area contributed by atoms with E-state index < -0.39 is 10.0 Å². The molecule has 2 amide bonds. The summed E-state index contributed by atoms with van der Waals surface area (Å²) in [5, 5.41) is 14.0. The molecule has 1 aliphatic heterocycles. The van der Waals surface area contributed by atoms with Crippen molar-refractivity contribution in [3.63, 3.8) is 0 Å². The number of sulfonamides is 1. The van der Waals surface area contributed by atoms with E-state index in [1.165, 1.54) is 4.31 Å². The van der Waals surface area contributed by atoms with E-state index in [-0.39, 0.29) is 22.8 Å². The summed E-state index contributed by atoms with van der Waals surface area (Å²) in [6, 6.07) is 4.61. The summed E-state index contributed by atoms with van der Waals surface area (Å²) in [6.07, 6.45) is 5.15. The Balaban J connectivity index is 1.21. The number of aromatic nitrogens is 3. The monoisotopic (exact) mass is 506 g/mol. The highest BCUT2D eigenvalue weighted by Crippen LogP contribution is 2.29. The van der Waals surface area contributed by atoms with Crippen LogP contribution in [0.3, 0.4) is 0 Å². The standard InChI is InChI=1S/C23H34N6O5S/c1-2-34-22(30)18-7-5-17(6-8-18)16-25-23(31)24-11-14-29-21-10-9-19(15-20(21)26-27-29)35(32,33)28-12-3-4-13-28/h9-10,15,17-18H,2-8,11-14,16H2,1H3,(H2,24,25,31). The van der Waals surface area contributed by atoms with E-state index in [9.17, 15) is 18.0 Å². The molecule has 2 aromatic rings. The van der Waals surface area contributed by atoms with Crippen LogP contribution >= 0.6 is 0 Å². The summed E-state index contributed by atoms with van der Waals surface area (Å²) in [7, 11) is -3.51. The maximum atomic E-state index is 12.8. The molecule has 1 aromatic carbocycles. The molecule has 2 N–H and O–H groups in total. The van der Waals surface area contributed by atoms with Crippen molar-refractivity contribution in [2.45, 2.75) is 56.9 Å². The number of carbonyl (C=O) groups excluding carboxylic acids is 2. The fourth-order valence-corrected chi connectivity index (χ4v) is 6.33. The number of hydrogen-bond acceptors (Lipinski definition) is 7. The number of amides is 2. The van der Waals surface area contributed by atoms with Gasteiger partial charge in [0.2, 0.25) is 10.0 Å². The predicted molar refractivity (Wildman–Crippen MR) is 129 cm³/mol. The Bertz CT molecular complexity index is 1140. The Morgan fingerprint density at radius 3 is 2.57 bits per heavy atom. The van der Waals surface area contributed by atoms with Gasteiger partial charge in [-0.05, 0) is 69.6 Å². The third-order valence-corrected chi connectivity index (χ3v) is 8.71. The van der Waals surface area contributed by atoms with Gasteiger partial charge >= 0.3 is 12.0 Å². The number of esters is 1. The fraction of sp³-hybridized carbons (Fsp3) is 0.652. The third-order valence-electron chi connectivity index (χ3n) is 6.82. The van der Waals surface area contributed by atoms with Crippen LogP contribution in [-0.2, 0) is 26.1 Å². The van der Waals surface area contributed by atoms with E-state index in [2.05, 4.69) is 20.9 Å². The molecule has 0 unspecified atom stereocenters. The van der Waals surface area contributed by atoms with E-state index in [0.29, 0.717) is 56.3 Å². The van der Waals surface area contributed by atoms with Crippen LogP contribution in [0.4, 0.5) is 4.79 Å². The number of nitrogens with zero attached hydrogens (tertiary/aromatic N) is 4. The van der Waals surface area contributed by atoms with E-state index in [1.54, 1.807) is 22.9 Å². The number of urea groups is 1. The first-order valence-electron chi connectivity index (χ1n) is 12.4. The number of nitrogens with one attached hydrogen (secondary N) is 2. The van der Waals surface area contributed by atoms with Crippen LogP contribution in [0.25, 0.3) is 11.0 Å². The van der Waals surface area contributed by atoms with Gasteiger partial charge in [0.05, 0.1) is 29.5 Å². The molecule has 0 radical (unpaired) electrons. The molecule has 192 valence electrons. The number of fused-ring (bicyclic) bond motifs is 1. The number of carbonyl (C=O) groups is 2. The Hall–Kier alpha value is -2.73. The van der Waals surface area contributed by atoms with Gasteiger partial charge in [-0.1, -0.05) is 5.21 Å². The quantitative estimate of drug-likeness (QED) is 0.496. The third kappa shape index (κ3) is 6.10. The van der Waals surface area contributed by atoms with Crippen molar-refractivity contribution in [2.24, 2.45) is 11.8 Å². The van der Waals surface area contributed by atoms with Crippen LogP contribution in [0.2, 0.25) is 0 Å². The van der Waals surface area contributed by atoms with Crippen molar-refractivity contribution >= 4 is 33.1 Å². The van der Waals surface area contributed by atoms with Crippen molar-refractivity contribution < 1.29 is 22.7 Å². The Labute approximate surface area is 205 Å². The van der Waals surface area contributed by atoms with Crippen LogP contribution in [0.15, 0.2) is 23.1 Å². The van der Waals surface area contributed by atoms with Gasteiger partial charge in [0.1, 0.15) is 5.52 Å². The van der Waals surface area contributed by atoms with Gasteiger partial charge in [-0.15, -0.1) is 5.10 Å². The Kier molecular flexibility index (Phi) is 8.22. The summed E-state index contributed by atoms with van der Waals surface area (Å²) in [5.74, 6) is 0.229. The maximum Gasteiger partial charge on any atom is 0.314 e. The Morgan fingerprint density at radius 2 is 1.86 bits per heavy atom. The lowest BCUT2D eigenvalue weighted by molar-refractivity contribution is -0.149. The molecule has 1 aromatic heterocycles. The number of ether oxygens (including phenoxy) is 1. The zero-order valence-electron chi connectivity index (χ0n) is 20.1. The first kappa shape index (κ1) is 25.4. The molecule has 2 aliphatic rings. The van der Waals surface area contributed by atoms with Crippen LogP contribution in [0, 0.1) is 11.8 Å². The summed E-state index contributed by atoms with van der Waals surface area (Å²) in [5.41, 5.74) is 1.22. The molecular weight excluding hydrogens is 472 g/mol. The SMILES string of the molecule is CCOC(=O)C1CCC(CNC(=O)NCCn2nnc3cc(S(=O)(=O)N4CCCC4)ccc32)CC1. The zero-order valence-corrected chi connectivity index (χ0v) is 20.9. The predicted octanol–water partition coefficient (Wildman–Crippen LogP) is 1.88. The Morgan fingerprint density at radius 1 is 1.11 bits per heavy atom. The van der Waals surface area contributed by atoms with Crippen LogP contribution < -0.4 is 10.6 Å². The molecule has 12 heteroatoms. The smallest absolute Gasteiger partial charge is 0.314 e. The molecular formula is C23H34N6O5S. The van der Waals surface area contributed by atoms with Crippen molar-refractivity contribution in [3.8, 4) is 0 Å². The molecule has 0 bridgehead atoms. The summed E-state index contributed by atoms with van der Waals surface area (Å²) < 4.78 is 33.8. The molecule has 35 heavy (non-hydrogen) atoms. The van der Waals surface area contributed by atoms with Gasteiger partial charge in [-0.25, -0.2) is 17.9 Å². The summed E-state index contributed by atoms with van der Waals surface area (Å²) >= 11 is 0. The van der Waals surface area contributed by atoms with Crippen molar-refractivity contribution in [3.05, 3.63) is 18.2 Å². The normalized spacial score (nSPS) is 21.2. The first-order chi connectivity index (χ1) is 16.9. The minimum Gasteiger partial charge on any atom is -0.466 e. The van der Waals surface area contributed by atoms with E-state index in [1.807, 2.05) is 6.92 Å². The number of rotatable bonds is 9. The number of benzene rings is 1. The lowest BCUT2D eigenvalue weighted by Gasteiger charge is -2.27. The summed E-state index contributed by atoms with van der Waals surface area (Å²) in [4.78, 5) is 24.3.